The van der Waals surface area contributed by atoms with Gasteiger partial charge in [-0.05, 0) is 54.3 Å². The molecule has 2 aromatic rings. The molecule has 0 radical (unpaired) electrons. The topological polar surface area (TPSA) is 59.1 Å². The highest BCUT2D eigenvalue weighted by Crippen LogP contribution is 2.36. The van der Waals surface area contributed by atoms with Crippen LogP contribution in [0, 0.1) is 5.92 Å². The largest absolute Gasteiger partial charge is 0.493 e. The number of imide groups is 1. The predicted octanol–water partition coefficient (Wildman–Crippen LogP) is 3.82. The third kappa shape index (κ3) is 4.19. The molecule has 4 rings (SSSR count). The lowest BCUT2D eigenvalue weighted by molar-refractivity contribution is -0.137. The highest BCUT2D eigenvalue weighted by molar-refractivity contribution is 7.11. The number of carbonyl (C=O) groups excluding carboxylic acids is 2. The van der Waals surface area contributed by atoms with Gasteiger partial charge in [0.2, 0.25) is 0 Å². The Kier molecular flexibility index (Phi) is 6.32. The maximum Gasteiger partial charge on any atom is 0.277 e. The van der Waals surface area contributed by atoms with E-state index in [0.717, 1.165) is 36.4 Å². The molecule has 2 aliphatic rings. The molecule has 3 heterocycles. The van der Waals surface area contributed by atoms with Gasteiger partial charge >= 0.3 is 0 Å². The quantitative estimate of drug-likeness (QED) is 0.613. The first-order chi connectivity index (χ1) is 15.0. The number of benzene rings is 1. The van der Waals surface area contributed by atoms with Crippen molar-refractivity contribution in [2.75, 3.05) is 33.9 Å². The van der Waals surface area contributed by atoms with E-state index < -0.39 is 0 Å². The van der Waals surface area contributed by atoms with E-state index in [4.69, 9.17) is 9.47 Å². The maximum absolute atomic E-state index is 13.4. The summed E-state index contributed by atoms with van der Waals surface area (Å²) in [6.07, 6.45) is 2.63. The van der Waals surface area contributed by atoms with Gasteiger partial charge in [0.15, 0.2) is 11.5 Å². The van der Waals surface area contributed by atoms with Gasteiger partial charge in [0.1, 0.15) is 5.70 Å². The number of methoxy groups -OCH3 is 2. The summed E-state index contributed by atoms with van der Waals surface area (Å²) < 4.78 is 10.7. The van der Waals surface area contributed by atoms with Crippen molar-refractivity contribution >= 4 is 28.7 Å². The van der Waals surface area contributed by atoms with Crippen LogP contribution in [0.4, 0.5) is 0 Å². The van der Waals surface area contributed by atoms with Gasteiger partial charge in [-0.2, -0.15) is 0 Å². The third-order valence-electron chi connectivity index (χ3n) is 6.08. The molecule has 0 aliphatic carbocycles. The van der Waals surface area contributed by atoms with Crippen molar-refractivity contribution in [3.05, 3.63) is 51.8 Å². The van der Waals surface area contributed by atoms with E-state index in [9.17, 15) is 9.59 Å². The molecule has 1 aromatic carbocycles. The number of ether oxygens (including phenoxy) is 2. The molecule has 1 fully saturated rings. The zero-order valence-corrected chi connectivity index (χ0v) is 19.0. The molecule has 0 saturated carbocycles. The fourth-order valence-electron chi connectivity index (χ4n) is 4.21. The maximum atomic E-state index is 13.4. The Morgan fingerprint density at radius 3 is 2.42 bits per heavy atom. The first-order valence-corrected chi connectivity index (χ1v) is 11.5. The van der Waals surface area contributed by atoms with Gasteiger partial charge in [0.25, 0.3) is 11.8 Å². The highest BCUT2D eigenvalue weighted by atomic mass is 32.1. The second kappa shape index (κ2) is 9.14. The van der Waals surface area contributed by atoms with Crippen molar-refractivity contribution < 1.29 is 19.1 Å². The Morgan fingerprint density at radius 2 is 1.77 bits per heavy atom. The third-order valence-corrected chi connectivity index (χ3v) is 6.97. The molecule has 31 heavy (non-hydrogen) atoms. The van der Waals surface area contributed by atoms with Crippen LogP contribution in [-0.4, -0.2) is 55.5 Å². The average Bonchev–Trinajstić information content (AvgIpc) is 3.39. The van der Waals surface area contributed by atoms with Crippen LogP contribution in [-0.2, 0) is 16.0 Å². The SMILES string of the molecule is COc1ccc(CCN2C(=O)C(c3cccs3)=C(N3CCC(C)CC3)C2=O)cc1OC. The summed E-state index contributed by atoms with van der Waals surface area (Å²) in [4.78, 5) is 31.2. The van der Waals surface area contributed by atoms with E-state index >= 15 is 0 Å². The van der Waals surface area contributed by atoms with E-state index in [1.54, 1.807) is 14.2 Å². The van der Waals surface area contributed by atoms with Crippen LogP contribution in [0.1, 0.15) is 30.2 Å². The molecular weight excluding hydrogens is 412 g/mol. The molecule has 0 bridgehead atoms. The second-order valence-corrected chi connectivity index (χ2v) is 9.02. The van der Waals surface area contributed by atoms with Gasteiger partial charge in [-0.25, -0.2) is 0 Å². The summed E-state index contributed by atoms with van der Waals surface area (Å²) in [5, 5.41) is 1.95. The predicted molar refractivity (Wildman–Crippen MR) is 121 cm³/mol. The molecule has 2 aliphatic heterocycles. The van der Waals surface area contributed by atoms with Gasteiger partial charge in [-0.1, -0.05) is 19.1 Å². The number of thiophene rings is 1. The Labute approximate surface area is 187 Å². The van der Waals surface area contributed by atoms with Gasteiger partial charge < -0.3 is 14.4 Å². The zero-order valence-electron chi connectivity index (χ0n) is 18.2. The van der Waals surface area contributed by atoms with E-state index in [-0.39, 0.29) is 11.8 Å². The summed E-state index contributed by atoms with van der Waals surface area (Å²) in [5.74, 6) is 1.57. The number of hydrogen-bond donors (Lipinski definition) is 0. The lowest BCUT2D eigenvalue weighted by Gasteiger charge is -2.32. The van der Waals surface area contributed by atoms with Crippen molar-refractivity contribution in [3.8, 4) is 11.5 Å². The van der Waals surface area contributed by atoms with Crippen LogP contribution < -0.4 is 9.47 Å². The summed E-state index contributed by atoms with van der Waals surface area (Å²) in [6.45, 7) is 4.19. The number of hydrogen-bond acceptors (Lipinski definition) is 6. The normalized spacial score (nSPS) is 17.6. The molecular formula is C24H28N2O4S. The van der Waals surface area contributed by atoms with Crippen LogP contribution in [0.5, 0.6) is 11.5 Å². The standard InChI is InChI=1S/C24H28N2O4S/c1-16-8-11-25(12-9-16)22-21(20-5-4-14-31-20)23(27)26(24(22)28)13-10-17-6-7-18(29-2)19(15-17)30-3/h4-7,14-16H,8-13H2,1-3H3. The molecule has 0 spiro atoms. The highest BCUT2D eigenvalue weighted by Gasteiger charge is 2.42. The van der Waals surface area contributed by atoms with Crippen LogP contribution in [0.15, 0.2) is 41.4 Å². The summed E-state index contributed by atoms with van der Waals surface area (Å²) in [7, 11) is 3.19. The number of likely N-dealkylation sites (tertiary alicyclic amines) is 1. The number of rotatable bonds is 7. The zero-order chi connectivity index (χ0) is 22.0. The van der Waals surface area contributed by atoms with Crippen LogP contribution in [0.3, 0.4) is 0 Å². The molecule has 0 unspecified atom stereocenters. The van der Waals surface area contributed by atoms with Crippen LogP contribution in [0.25, 0.3) is 5.57 Å². The Morgan fingerprint density at radius 1 is 1.03 bits per heavy atom. The molecule has 164 valence electrons. The monoisotopic (exact) mass is 440 g/mol. The van der Waals surface area contributed by atoms with E-state index in [1.807, 2.05) is 35.7 Å². The fourth-order valence-corrected chi connectivity index (χ4v) is 4.97. The second-order valence-electron chi connectivity index (χ2n) is 8.07. The lowest BCUT2D eigenvalue weighted by Crippen LogP contribution is -2.39. The molecule has 1 saturated heterocycles. The van der Waals surface area contributed by atoms with Crippen molar-refractivity contribution in [2.24, 2.45) is 5.92 Å². The average molecular weight is 441 g/mol. The van der Waals surface area contributed by atoms with E-state index in [2.05, 4.69) is 11.8 Å². The smallest absolute Gasteiger partial charge is 0.277 e. The van der Waals surface area contributed by atoms with Gasteiger partial charge in [0.05, 0.1) is 19.8 Å². The van der Waals surface area contributed by atoms with Gasteiger partial charge in [-0.3, -0.25) is 14.5 Å². The van der Waals surface area contributed by atoms with E-state index in [0.29, 0.717) is 41.7 Å². The number of nitrogens with zero attached hydrogens (tertiary/aromatic N) is 2. The summed E-state index contributed by atoms with van der Waals surface area (Å²) in [5.41, 5.74) is 2.12. The molecule has 0 atom stereocenters. The van der Waals surface area contributed by atoms with Crippen LogP contribution >= 0.6 is 11.3 Å². The minimum Gasteiger partial charge on any atom is -0.493 e. The van der Waals surface area contributed by atoms with Crippen molar-refractivity contribution in [1.29, 1.82) is 0 Å². The van der Waals surface area contributed by atoms with E-state index in [1.165, 1.54) is 16.2 Å². The molecule has 0 N–H and O–H groups in total. The first kappa shape index (κ1) is 21.4. The summed E-state index contributed by atoms with van der Waals surface area (Å²) >= 11 is 1.51. The van der Waals surface area contributed by atoms with Gasteiger partial charge in [0, 0.05) is 24.5 Å². The van der Waals surface area contributed by atoms with Crippen molar-refractivity contribution in [3.63, 3.8) is 0 Å². The summed E-state index contributed by atoms with van der Waals surface area (Å²) in [6, 6.07) is 9.53. The molecule has 2 amide bonds. The lowest BCUT2D eigenvalue weighted by atomic mass is 9.98. The number of piperidine rings is 1. The number of amides is 2. The fraction of sp³-hybridized carbons (Fsp3) is 0.417. The van der Waals surface area contributed by atoms with Gasteiger partial charge in [-0.15, -0.1) is 11.3 Å². The minimum atomic E-state index is -0.193. The van der Waals surface area contributed by atoms with Crippen LogP contribution in [0.2, 0.25) is 0 Å². The number of carbonyl (C=O) groups is 2. The van der Waals surface area contributed by atoms with Crippen molar-refractivity contribution in [2.45, 2.75) is 26.2 Å². The molecule has 7 heteroatoms. The first-order valence-electron chi connectivity index (χ1n) is 10.6. The Bertz CT molecular complexity index is 991. The minimum absolute atomic E-state index is 0.177. The molecule has 6 nitrogen and oxygen atoms in total. The Balaban J connectivity index is 1.57. The Hall–Kier alpha value is -2.80. The molecule has 1 aromatic heterocycles. The van der Waals surface area contributed by atoms with Crippen molar-refractivity contribution in [1.82, 2.24) is 9.80 Å².